The van der Waals surface area contributed by atoms with Crippen LogP contribution in [0.4, 0.5) is 0 Å². The number of halogens is 6. The Morgan fingerprint density at radius 2 is 0.571 bits per heavy atom. The first-order valence-electron chi connectivity index (χ1n) is 1.01. The normalized spacial score (nSPS) is 23.1. The van der Waals surface area contributed by atoms with Gasteiger partial charge in [0.05, 0.1) is 0 Å². The minimum absolute atomic E-state index is 2.24. The predicted octanol–water partition coefficient (Wildman–Crippen LogP) is 5.31. The fraction of sp³-hybridized carbons (Fsp3) is 0. The van der Waals surface area contributed by atoms with Crippen molar-refractivity contribution in [2.24, 2.45) is 0 Å². The predicted molar refractivity (Wildman–Crippen MR) is 84.1 cm³/mol. The Morgan fingerprint density at radius 3 is 0.571 bits per heavy atom. The van der Waals surface area contributed by atoms with Gasteiger partial charge < -0.3 is 0 Å². The van der Waals surface area contributed by atoms with Gasteiger partial charge in [-0.15, -0.1) is 0 Å². The quantitative estimate of drug-likeness (QED) is 0.292. The van der Waals surface area contributed by atoms with Crippen molar-refractivity contribution in [3.63, 3.8) is 0 Å². The van der Waals surface area contributed by atoms with Crippen LogP contribution < -0.4 is 0 Å². The molecule has 0 spiro atoms. The van der Waals surface area contributed by atoms with E-state index >= 15 is 0 Å². The van der Waals surface area contributed by atoms with Gasteiger partial charge >= 0.3 is 111 Å². The third kappa shape index (κ3) is 35.8. The molecule has 0 aliphatic carbocycles. The summed E-state index contributed by atoms with van der Waals surface area (Å²) in [6.07, 6.45) is 0. The average molecular weight is 812 g/mol. The first-order valence-corrected chi connectivity index (χ1v) is 28.1. The van der Waals surface area contributed by atoms with Crippen molar-refractivity contribution < 1.29 is -8.71 Å². The zero-order chi connectivity index (χ0) is 6.41. The summed E-state index contributed by atoms with van der Waals surface area (Å²) in [6.45, 7) is 0. The van der Waals surface area contributed by atoms with Crippen LogP contribution in [0.5, 0.6) is 0 Å². The summed E-state index contributed by atoms with van der Waals surface area (Å²) < 4.78 is -2.24. The molecule has 0 aliphatic heterocycles. The van der Waals surface area contributed by atoms with E-state index in [2.05, 4.69) is 120 Å². The summed E-state index contributed by atoms with van der Waals surface area (Å²) in [6, 6.07) is 0. The molecule has 0 saturated heterocycles. The molecular weight excluding hydrogens is 812 g/mol. The monoisotopic (exact) mass is 812 g/mol. The van der Waals surface area contributed by atoms with Crippen LogP contribution in [-0.4, -0.2) is 0 Å². The van der Waals surface area contributed by atoms with Gasteiger partial charge in [0.1, 0.15) is 0 Å². The fourth-order valence-corrected chi connectivity index (χ4v) is 0. The van der Waals surface area contributed by atoms with Crippen molar-refractivity contribution in [2.45, 2.75) is 0 Å². The first kappa shape index (κ1) is 12.0. The Hall–Kier alpha value is 4.96. The molecule has 0 rings (SSSR count). The van der Waals surface area contributed by atoms with E-state index < -0.39 is -8.71 Å². The van der Waals surface area contributed by atoms with E-state index in [1.54, 1.807) is 0 Å². The fourth-order valence-electron chi connectivity index (χ4n) is 0. The molecule has 0 aromatic rings. The van der Waals surface area contributed by atoms with E-state index in [4.69, 9.17) is 0 Å². The van der Waals surface area contributed by atoms with E-state index in [0.717, 1.165) is 0 Å². The molecule has 0 radical (unpaired) electrons. The SMILES string of the molecule is [I][V]([I])([I])([I])([I])[I]. The summed E-state index contributed by atoms with van der Waals surface area (Å²) in [5, 5.41) is 0. The van der Waals surface area contributed by atoms with Gasteiger partial charge in [-0.05, 0) is 0 Å². The number of rotatable bonds is 0. The van der Waals surface area contributed by atoms with Gasteiger partial charge in [-0.1, -0.05) is 0 Å². The van der Waals surface area contributed by atoms with E-state index in [1.807, 2.05) is 0 Å². The second-order valence-corrected chi connectivity index (χ2v) is 178. The molecular formula is I6V. The van der Waals surface area contributed by atoms with Gasteiger partial charge in [-0.2, -0.15) is 0 Å². The van der Waals surface area contributed by atoms with Gasteiger partial charge in [0.2, 0.25) is 0 Å². The second kappa shape index (κ2) is 2.73. The molecule has 0 amide bonds. The zero-order valence-electron chi connectivity index (χ0n) is 2.72. The van der Waals surface area contributed by atoms with Gasteiger partial charge in [0.25, 0.3) is 0 Å². The summed E-state index contributed by atoms with van der Waals surface area (Å²) in [4.78, 5) is 0. The topological polar surface area (TPSA) is 0 Å². The molecule has 0 fully saturated rings. The third-order valence-corrected chi connectivity index (χ3v) is 0. The van der Waals surface area contributed by atoms with Crippen molar-refractivity contribution in [3.8, 4) is 0 Å². The molecule has 7 heavy (non-hydrogen) atoms. The van der Waals surface area contributed by atoms with Crippen LogP contribution in [0.3, 0.4) is 0 Å². The first-order chi connectivity index (χ1) is 2.45. The van der Waals surface area contributed by atoms with Gasteiger partial charge in [0, 0.05) is 0 Å². The van der Waals surface area contributed by atoms with Crippen LogP contribution in [0.15, 0.2) is 0 Å². The van der Waals surface area contributed by atoms with Crippen LogP contribution in [-0.2, 0) is -8.71 Å². The maximum absolute atomic E-state index is 2.56. The van der Waals surface area contributed by atoms with E-state index in [1.165, 1.54) is 0 Å². The summed E-state index contributed by atoms with van der Waals surface area (Å²) in [5.74, 6) is 0. The molecule has 0 aromatic carbocycles. The van der Waals surface area contributed by atoms with Crippen molar-refractivity contribution in [1.29, 1.82) is 0 Å². The Bertz CT molecular complexity index is 62.7. The minimum atomic E-state index is -2.24. The van der Waals surface area contributed by atoms with E-state index in [9.17, 15) is 0 Å². The molecule has 0 nitrogen and oxygen atoms in total. The Labute approximate surface area is 107 Å². The number of hydrogen-bond acceptors (Lipinski definition) is 0. The van der Waals surface area contributed by atoms with Crippen LogP contribution in [0, 0.1) is 0 Å². The summed E-state index contributed by atoms with van der Waals surface area (Å²) in [5.41, 5.74) is 0. The van der Waals surface area contributed by atoms with Gasteiger partial charge in [-0.3, -0.25) is 0 Å². The van der Waals surface area contributed by atoms with Gasteiger partial charge in [-0.25, -0.2) is 0 Å². The van der Waals surface area contributed by atoms with Gasteiger partial charge in [0.15, 0.2) is 0 Å². The second-order valence-electron chi connectivity index (χ2n) is 0.958. The Balaban J connectivity index is 4.43. The van der Waals surface area contributed by atoms with Crippen LogP contribution in [0.25, 0.3) is 0 Å². The molecule has 0 heterocycles. The van der Waals surface area contributed by atoms with Crippen LogP contribution in [0.2, 0.25) is 0 Å². The van der Waals surface area contributed by atoms with Crippen LogP contribution in [0.1, 0.15) is 0 Å². The molecule has 0 aliphatic rings. The van der Waals surface area contributed by atoms with Crippen molar-refractivity contribution in [1.82, 2.24) is 0 Å². The maximum atomic E-state index is 2.56. The molecule has 0 bridgehead atoms. The summed E-state index contributed by atoms with van der Waals surface area (Å²) in [7, 11) is 0. The third-order valence-electron chi connectivity index (χ3n) is 0. The molecule has 0 unspecified atom stereocenters. The molecule has 0 atom stereocenters. The van der Waals surface area contributed by atoms with E-state index in [-0.39, 0.29) is 0 Å². The molecule has 0 aromatic heterocycles. The molecule has 7 heteroatoms. The van der Waals surface area contributed by atoms with Crippen LogP contribution >= 0.6 is 120 Å². The Kier molecular flexibility index (Phi) is 4.67. The zero-order valence-corrected chi connectivity index (χ0v) is 17.1. The van der Waals surface area contributed by atoms with Crippen molar-refractivity contribution in [2.75, 3.05) is 0 Å². The van der Waals surface area contributed by atoms with Crippen molar-refractivity contribution in [3.05, 3.63) is 0 Å². The molecule has 47 valence electrons. The number of hydrogen-bond donors (Lipinski definition) is 0. The molecule has 0 N–H and O–H groups in total. The van der Waals surface area contributed by atoms with E-state index in [0.29, 0.717) is 0 Å². The average Bonchev–Trinajstić information content (AvgIpc) is 0.592. The van der Waals surface area contributed by atoms with Crippen molar-refractivity contribution >= 4 is 120 Å². The Morgan fingerprint density at radius 1 is 0.571 bits per heavy atom. The standard InChI is InChI=1S/6HI.V/h6*1H;/q;;;;;;+6/p-6. The molecule has 0 saturated carbocycles. The summed E-state index contributed by atoms with van der Waals surface area (Å²) >= 11 is 15.3.